The van der Waals surface area contributed by atoms with Gasteiger partial charge in [-0.25, -0.2) is 18.7 Å². The number of nitrogens with one attached hydrogen (secondary N) is 1. The Bertz CT molecular complexity index is 1230. The summed E-state index contributed by atoms with van der Waals surface area (Å²) in [7, 11) is 2.42. The summed E-state index contributed by atoms with van der Waals surface area (Å²) in [5, 5.41) is 4.86. The van der Waals surface area contributed by atoms with Crippen LogP contribution in [-0.4, -0.2) is 40.9 Å². The van der Waals surface area contributed by atoms with Crippen molar-refractivity contribution in [1.29, 1.82) is 0 Å². The van der Waals surface area contributed by atoms with Crippen LogP contribution in [0.25, 0.3) is 27.8 Å². The third-order valence-corrected chi connectivity index (χ3v) is 4.58. The van der Waals surface area contributed by atoms with Gasteiger partial charge in [0.25, 0.3) is 0 Å². The summed E-state index contributed by atoms with van der Waals surface area (Å²) >= 11 is 0. The standard InChI is InChI=1S/C21H16FN3O4/c1-28-20(26)16-18(14-8-9-15(22)13-10-11-23-17(13)14)24-25(19(16)21(27)29-2)12-6-4-3-5-7-12/h3-11,23H,1-2H3. The minimum atomic E-state index is -0.758. The summed E-state index contributed by atoms with van der Waals surface area (Å²) in [6.07, 6.45) is 1.59. The van der Waals surface area contributed by atoms with Crippen LogP contribution in [0.15, 0.2) is 54.7 Å². The smallest absolute Gasteiger partial charge is 0.357 e. The first-order valence-electron chi connectivity index (χ1n) is 8.67. The van der Waals surface area contributed by atoms with Crippen LogP contribution in [0.4, 0.5) is 4.39 Å². The molecule has 0 amide bonds. The number of hydrogen-bond acceptors (Lipinski definition) is 5. The van der Waals surface area contributed by atoms with Gasteiger partial charge in [-0.1, -0.05) is 18.2 Å². The number of H-pyrrole nitrogens is 1. The molecule has 0 spiro atoms. The van der Waals surface area contributed by atoms with Gasteiger partial charge in [-0.15, -0.1) is 0 Å². The molecule has 0 unspecified atom stereocenters. The number of rotatable bonds is 4. The lowest BCUT2D eigenvalue weighted by Gasteiger charge is -2.07. The predicted octanol–water partition coefficient (Wildman–Crippen LogP) is 3.73. The second kappa shape index (κ2) is 7.23. The molecular formula is C21H16FN3O4. The Balaban J connectivity index is 2.10. The first kappa shape index (κ1) is 18.4. The zero-order valence-electron chi connectivity index (χ0n) is 15.6. The maximum atomic E-state index is 14.2. The van der Waals surface area contributed by atoms with Crippen molar-refractivity contribution in [2.75, 3.05) is 14.2 Å². The molecule has 7 nitrogen and oxygen atoms in total. The topological polar surface area (TPSA) is 86.2 Å². The third-order valence-electron chi connectivity index (χ3n) is 4.58. The molecule has 8 heteroatoms. The van der Waals surface area contributed by atoms with Crippen LogP contribution < -0.4 is 0 Å². The fourth-order valence-corrected chi connectivity index (χ4v) is 3.26. The van der Waals surface area contributed by atoms with Gasteiger partial charge in [0.05, 0.1) is 25.4 Å². The highest BCUT2D eigenvalue weighted by Gasteiger charge is 2.32. The summed E-state index contributed by atoms with van der Waals surface area (Å²) < 4.78 is 25.3. The fraction of sp³-hybridized carbons (Fsp3) is 0.0952. The Morgan fingerprint density at radius 2 is 1.72 bits per heavy atom. The van der Waals surface area contributed by atoms with Gasteiger partial charge in [-0.2, -0.15) is 5.10 Å². The monoisotopic (exact) mass is 393 g/mol. The highest BCUT2D eigenvalue weighted by molar-refractivity contribution is 6.09. The van der Waals surface area contributed by atoms with Crippen LogP contribution in [0.1, 0.15) is 20.8 Å². The van der Waals surface area contributed by atoms with E-state index in [0.29, 0.717) is 22.2 Å². The van der Waals surface area contributed by atoms with E-state index in [1.54, 1.807) is 36.5 Å². The Morgan fingerprint density at radius 1 is 1.00 bits per heavy atom. The number of fused-ring (bicyclic) bond motifs is 1. The average molecular weight is 393 g/mol. The van der Waals surface area contributed by atoms with Gasteiger partial charge in [-0.3, -0.25) is 0 Å². The molecule has 29 heavy (non-hydrogen) atoms. The van der Waals surface area contributed by atoms with E-state index in [1.807, 2.05) is 6.07 Å². The number of nitrogens with zero attached hydrogens (tertiary/aromatic N) is 2. The number of carbonyl (C=O) groups excluding carboxylic acids is 2. The van der Waals surface area contributed by atoms with E-state index in [-0.39, 0.29) is 17.0 Å². The van der Waals surface area contributed by atoms with E-state index < -0.39 is 17.8 Å². The van der Waals surface area contributed by atoms with Crippen LogP contribution in [0, 0.1) is 5.82 Å². The Morgan fingerprint density at radius 3 is 2.41 bits per heavy atom. The number of methoxy groups -OCH3 is 2. The molecule has 0 atom stereocenters. The van der Waals surface area contributed by atoms with Gasteiger partial charge in [0, 0.05) is 17.1 Å². The number of hydrogen-bond donors (Lipinski definition) is 1. The molecule has 2 aromatic heterocycles. The highest BCUT2D eigenvalue weighted by Crippen LogP contribution is 2.34. The second-order valence-corrected chi connectivity index (χ2v) is 6.16. The van der Waals surface area contributed by atoms with E-state index in [0.717, 1.165) is 0 Å². The largest absolute Gasteiger partial charge is 0.465 e. The molecule has 0 fully saturated rings. The van der Waals surface area contributed by atoms with Gasteiger partial charge < -0.3 is 14.5 Å². The third kappa shape index (κ3) is 2.94. The number of aromatic nitrogens is 3. The van der Waals surface area contributed by atoms with Crippen LogP contribution in [0.5, 0.6) is 0 Å². The van der Waals surface area contributed by atoms with Crippen molar-refractivity contribution in [2.45, 2.75) is 0 Å². The summed E-state index contributed by atoms with van der Waals surface area (Å²) in [5.74, 6) is -1.93. The zero-order valence-corrected chi connectivity index (χ0v) is 15.6. The molecule has 146 valence electrons. The Kier molecular flexibility index (Phi) is 4.59. The molecule has 0 bridgehead atoms. The lowest BCUT2D eigenvalue weighted by atomic mass is 10.0. The Hall–Kier alpha value is -3.94. The van der Waals surface area contributed by atoms with Crippen LogP contribution in [-0.2, 0) is 9.47 Å². The van der Waals surface area contributed by atoms with Crippen LogP contribution in [0.3, 0.4) is 0 Å². The predicted molar refractivity (Wildman–Crippen MR) is 103 cm³/mol. The SMILES string of the molecule is COC(=O)c1c(-c2ccc(F)c3cc[nH]c23)nn(-c2ccccc2)c1C(=O)OC. The van der Waals surface area contributed by atoms with E-state index in [2.05, 4.69) is 10.1 Å². The van der Waals surface area contributed by atoms with E-state index in [9.17, 15) is 14.0 Å². The molecule has 0 aliphatic heterocycles. The summed E-state index contributed by atoms with van der Waals surface area (Å²) in [5.41, 5.74) is 1.48. The molecule has 0 aliphatic carbocycles. The number of esters is 2. The lowest BCUT2D eigenvalue weighted by molar-refractivity contribution is 0.0549. The normalized spacial score (nSPS) is 10.9. The van der Waals surface area contributed by atoms with E-state index in [4.69, 9.17) is 9.47 Å². The van der Waals surface area contributed by atoms with Gasteiger partial charge >= 0.3 is 11.9 Å². The van der Waals surface area contributed by atoms with Crippen molar-refractivity contribution >= 4 is 22.8 Å². The molecule has 0 radical (unpaired) electrons. The van der Waals surface area contributed by atoms with Crippen molar-refractivity contribution in [3.05, 3.63) is 71.8 Å². The van der Waals surface area contributed by atoms with Crippen LogP contribution >= 0.6 is 0 Å². The first-order chi connectivity index (χ1) is 14.1. The van der Waals surface area contributed by atoms with Crippen molar-refractivity contribution in [1.82, 2.24) is 14.8 Å². The van der Waals surface area contributed by atoms with E-state index >= 15 is 0 Å². The second-order valence-electron chi connectivity index (χ2n) is 6.16. The number of para-hydroxylation sites is 1. The van der Waals surface area contributed by atoms with Crippen molar-refractivity contribution < 1.29 is 23.5 Å². The minimum absolute atomic E-state index is 0.0642. The molecule has 0 saturated heterocycles. The van der Waals surface area contributed by atoms with E-state index in [1.165, 1.54) is 31.0 Å². The number of halogens is 1. The fourth-order valence-electron chi connectivity index (χ4n) is 3.26. The van der Waals surface area contributed by atoms with Gasteiger partial charge in [-0.05, 0) is 30.3 Å². The van der Waals surface area contributed by atoms with Crippen molar-refractivity contribution in [3.63, 3.8) is 0 Å². The van der Waals surface area contributed by atoms with Crippen molar-refractivity contribution in [3.8, 4) is 16.9 Å². The summed E-state index contributed by atoms with van der Waals surface area (Å²) in [6.45, 7) is 0. The van der Waals surface area contributed by atoms with Gasteiger partial charge in [0.2, 0.25) is 0 Å². The molecule has 0 saturated carbocycles. The summed E-state index contributed by atoms with van der Waals surface area (Å²) in [6, 6.07) is 13.2. The maximum Gasteiger partial charge on any atom is 0.357 e. The highest BCUT2D eigenvalue weighted by atomic mass is 19.1. The Labute approximate surface area is 164 Å². The number of carbonyl (C=O) groups is 2. The number of ether oxygens (including phenoxy) is 2. The molecule has 2 aromatic carbocycles. The summed E-state index contributed by atoms with van der Waals surface area (Å²) in [4.78, 5) is 28.2. The van der Waals surface area contributed by atoms with Gasteiger partial charge in [0.15, 0.2) is 5.69 Å². The molecule has 4 aromatic rings. The molecule has 1 N–H and O–H groups in total. The number of aromatic amines is 1. The molecule has 2 heterocycles. The lowest BCUT2D eigenvalue weighted by Crippen LogP contribution is -2.15. The average Bonchev–Trinajstić information content (AvgIpc) is 3.39. The first-order valence-corrected chi connectivity index (χ1v) is 8.67. The zero-order chi connectivity index (χ0) is 20.5. The van der Waals surface area contributed by atoms with Gasteiger partial charge in [0.1, 0.15) is 17.1 Å². The number of benzene rings is 2. The molecular weight excluding hydrogens is 377 g/mol. The minimum Gasteiger partial charge on any atom is -0.465 e. The van der Waals surface area contributed by atoms with Crippen molar-refractivity contribution in [2.24, 2.45) is 0 Å². The maximum absolute atomic E-state index is 14.2. The molecule has 4 rings (SSSR count). The van der Waals surface area contributed by atoms with Crippen LogP contribution in [0.2, 0.25) is 0 Å². The quantitative estimate of drug-likeness (QED) is 0.534. The molecule has 0 aliphatic rings.